The van der Waals surface area contributed by atoms with Crippen molar-refractivity contribution in [3.05, 3.63) is 65.7 Å². The fraction of sp³-hybridized carbons (Fsp3) is 0.543. The minimum absolute atomic E-state index is 0.0333. The molecule has 0 heterocycles. The molecule has 0 aliphatic rings. The third kappa shape index (κ3) is 19.0. The van der Waals surface area contributed by atoms with Gasteiger partial charge >= 0.3 is 5.97 Å². The Kier molecular flexibility index (Phi) is 24.0. The standard InChI is InChI=1S/C46H70N10O11/c1-7-25(4)37(55-43(63)34(23-29-17-19-30(57)20-18-29)53-41(61)32(9-3)51-40(60)31(48)16-13-21-47)45(65)54-33(22-28-14-11-10-12-15-28)42(62)50-27(6)39(59)52-35(24-36(49)58)44(64)56-38(46(66)67)26(5)8-2/h10-12,14-15,17-20,25-27,31-35,37-38,57H,7-9,13,16,21-24,47-48H2,1-6H3,(H2,49,58)(H,50,62)(H,51,60)(H,52,59)(H,53,61)(H,54,65)(H,55,63)(H,56,64)(H,66,67)/t25-,26-,27-,31-,32-,33-,34-,35-,37-,38-/m0/s1. The molecule has 21 heteroatoms. The van der Waals surface area contributed by atoms with Gasteiger partial charge in [0.1, 0.15) is 48.0 Å². The number of primary amides is 1. The molecule has 0 aromatic heterocycles. The second-order valence-corrected chi connectivity index (χ2v) is 16.7. The molecule has 21 nitrogen and oxygen atoms in total. The van der Waals surface area contributed by atoms with Crippen LogP contribution in [0.15, 0.2) is 54.6 Å². The van der Waals surface area contributed by atoms with E-state index in [1.165, 1.54) is 19.1 Å². The molecule has 0 saturated heterocycles. The Bertz CT molecular complexity index is 1990. The van der Waals surface area contributed by atoms with Crippen LogP contribution in [0.1, 0.15) is 91.2 Å². The Morgan fingerprint density at radius 2 is 1.01 bits per heavy atom. The summed E-state index contributed by atoms with van der Waals surface area (Å²) in [4.78, 5) is 119. The summed E-state index contributed by atoms with van der Waals surface area (Å²) in [5, 5.41) is 37.5. The van der Waals surface area contributed by atoms with E-state index in [1.54, 1.807) is 77.1 Å². The summed E-state index contributed by atoms with van der Waals surface area (Å²) in [6.45, 7) is 10.1. The average Bonchev–Trinajstić information content (AvgIpc) is 3.29. The van der Waals surface area contributed by atoms with Gasteiger partial charge in [-0.3, -0.25) is 38.4 Å². The number of nitrogens with two attached hydrogens (primary N) is 3. The van der Waals surface area contributed by atoms with Gasteiger partial charge in [0.25, 0.3) is 0 Å². The highest BCUT2D eigenvalue weighted by Gasteiger charge is 2.36. The molecule has 0 radical (unpaired) electrons. The van der Waals surface area contributed by atoms with Crippen LogP contribution in [0, 0.1) is 11.8 Å². The van der Waals surface area contributed by atoms with Crippen molar-refractivity contribution in [3.63, 3.8) is 0 Å². The molecule has 10 atom stereocenters. The summed E-state index contributed by atoms with van der Waals surface area (Å²) >= 11 is 0. The van der Waals surface area contributed by atoms with Gasteiger partial charge in [-0.05, 0) is 67.8 Å². The number of carboxylic acids is 1. The number of nitrogens with one attached hydrogen (secondary N) is 7. The molecule has 8 amide bonds. The molecular weight excluding hydrogens is 869 g/mol. The summed E-state index contributed by atoms with van der Waals surface area (Å²) in [7, 11) is 0. The number of aromatic hydroxyl groups is 1. The van der Waals surface area contributed by atoms with Crippen molar-refractivity contribution >= 4 is 53.2 Å². The van der Waals surface area contributed by atoms with Crippen LogP contribution >= 0.6 is 0 Å². The highest BCUT2D eigenvalue weighted by atomic mass is 16.4. The van der Waals surface area contributed by atoms with E-state index in [0.717, 1.165) is 0 Å². The van der Waals surface area contributed by atoms with Crippen LogP contribution < -0.4 is 54.4 Å². The largest absolute Gasteiger partial charge is 0.508 e. The SMILES string of the molecule is CC[C@H](NC(=O)[C@@H](N)CCCN)C(=O)N[C@@H](Cc1ccc(O)cc1)C(=O)N[C@H](C(=O)N[C@@H](Cc1ccccc1)C(=O)N[C@@H](C)C(=O)N[C@@H](CC(N)=O)C(=O)N[C@H](C(=O)O)[C@@H](C)CC)[C@@H](C)CC. The summed E-state index contributed by atoms with van der Waals surface area (Å²) in [6, 6.07) is 4.33. The van der Waals surface area contributed by atoms with Crippen molar-refractivity contribution in [2.75, 3.05) is 6.54 Å². The molecule has 370 valence electrons. The maximum atomic E-state index is 14.3. The van der Waals surface area contributed by atoms with Crippen LogP contribution in [-0.4, -0.2) is 118 Å². The van der Waals surface area contributed by atoms with E-state index in [4.69, 9.17) is 17.2 Å². The Balaban J connectivity index is 2.40. The number of phenols is 1. The number of carbonyl (C=O) groups is 9. The lowest BCUT2D eigenvalue weighted by atomic mass is 9.96. The zero-order valence-electron chi connectivity index (χ0n) is 39.1. The van der Waals surface area contributed by atoms with Crippen LogP contribution in [-0.2, 0) is 56.0 Å². The molecule has 0 aliphatic heterocycles. The van der Waals surface area contributed by atoms with Gasteiger partial charge in [-0.1, -0.05) is 89.9 Å². The predicted octanol–water partition coefficient (Wildman–Crippen LogP) is -0.881. The van der Waals surface area contributed by atoms with Crippen molar-refractivity contribution in [1.82, 2.24) is 37.2 Å². The van der Waals surface area contributed by atoms with E-state index in [9.17, 15) is 53.4 Å². The molecule has 2 aromatic rings. The zero-order chi connectivity index (χ0) is 50.4. The molecule has 15 N–H and O–H groups in total. The number of carbonyl (C=O) groups excluding carboxylic acids is 8. The van der Waals surface area contributed by atoms with Crippen LogP contribution in [0.2, 0.25) is 0 Å². The second-order valence-electron chi connectivity index (χ2n) is 16.7. The lowest BCUT2D eigenvalue weighted by molar-refractivity contribution is -0.144. The maximum absolute atomic E-state index is 14.3. The summed E-state index contributed by atoms with van der Waals surface area (Å²) in [5.41, 5.74) is 18.0. The van der Waals surface area contributed by atoms with E-state index in [1.807, 2.05) is 0 Å². The molecule has 2 rings (SSSR count). The average molecular weight is 939 g/mol. The molecule has 0 fully saturated rings. The molecule has 0 bridgehead atoms. The van der Waals surface area contributed by atoms with E-state index in [2.05, 4.69) is 37.2 Å². The van der Waals surface area contributed by atoms with E-state index >= 15 is 0 Å². The van der Waals surface area contributed by atoms with Crippen LogP contribution in [0.25, 0.3) is 0 Å². The first-order valence-electron chi connectivity index (χ1n) is 22.6. The Morgan fingerprint density at radius 1 is 0.552 bits per heavy atom. The Labute approximate surface area is 391 Å². The van der Waals surface area contributed by atoms with Crippen molar-refractivity contribution in [1.29, 1.82) is 0 Å². The number of benzene rings is 2. The fourth-order valence-electron chi connectivity index (χ4n) is 6.75. The topological polar surface area (TPSA) is 356 Å². The highest BCUT2D eigenvalue weighted by Crippen LogP contribution is 2.15. The lowest BCUT2D eigenvalue weighted by Gasteiger charge is -2.29. The fourth-order valence-corrected chi connectivity index (χ4v) is 6.75. The van der Waals surface area contributed by atoms with E-state index in [0.29, 0.717) is 43.4 Å². The van der Waals surface area contributed by atoms with Gasteiger partial charge in [0.05, 0.1) is 12.5 Å². The van der Waals surface area contributed by atoms with Gasteiger partial charge < -0.3 is 64.6 Å². The molecular formula is C46H70N10O11. The van der Waals surface area contributed by atoms with Gasteiger partial charge in [-0.15, -0.1) is 0 Å². The molecule has 2 aromatic carbocycles. The number of hydrogen-bond acceptors (Lipinski definition) is 12. The number of aliphatic carboxylic acids is 1. The first-order chi connectivity index (χ1) is 31.6. The van der Waals surface area contributed by atoms with Gasteiger partial charge in [-0.2, -0.15) is 0 Å². The van der Waals surface area contributed by atoms with Crippen molar-refractivity contribution < 1.29 is 53.4 Å². The van der Waals surface area contributed by atoms with Gasteiger partial charge in [0.2, 0.25) is 47.3 Å². The summed E-state index contributed by atoms with van der Waals surface area (Å²) in [5.74, 6) is -8.92. The Morgan fingerprint density at radius 3 is 1.54 bits per heavy atom. The normalized spacial score (nSPS) is 15.5. The number of rotatable bonds is 29. The van der Waals surface area contributed by atoms with Crippen molar-refractivity contribution in [2.24, 2.45) is 29.0 Å². The number of hydrogen-bond donors (Lipinski definition) is 12. The smallest absolute Gasteiger partial charge is 0.326 e. The van der Waals surface area contributed by atoms with Gasteiger partial charge in [0.15, 0.2) is 0 Å². The van der Waals surface area contributed by atoms with E-state index in [-0.39, 0.29) is 25.0 Å². The molecule has 67 heavy (non-hydrogen) atoms. The molecule has 0 unspecified atom stereocenters. The minimum atomic E-state index is -1.59. The number of amides is 8. The number of carboxylic acid groups (broad SMARTS) is 1. The Hall–Kier alpha value is -6.61. The second kappa shape index (κ2) is 28.4. The summed E-state index contributed by atoms with van der Waals surface area (Å²) < 4.78 is 0. The third-order valence-corrected chi connectivity index (χ3v) is 11.4. The molecule has 0 saturated carbocycles. The molecule has 0 aliphatic carbocycles. The monoisotopic (exact) mass is 939 g/mol. The van der Waals surface area contributed by atoms with Crippen LogP contribution in [0.4, 0.5) is 0 Å². The minimum Gasteiger partial charge on any atom is -0.508 e. The first kappa shape index (κ1) is 56.5. The van der Waals surface area contributed by atoms with Gasteiger partial charge in [0, 0.05) is 12.8 Å². The summed E-state index contributed by atoms with van der Waals surface area (Å²) in [6.07, 6.45) is 0.852. The molecule has 0 spiro atoms. The third-order valence-electron chi connectivity index (χ3n) is 11.4. The lowest BCUT2D eigenvalue weighted by Crippen LogP contribution is -2.61. The van der Waals surface area contributed by atoms with Crippen molar-refractivity contribution in [3.8, 4) is 5.75 Å². The van der Waals surface area contributed by atoms with Crippen LogP contribution in [0.5, 0.6) is 5.75 Å². The zero-order valence-corrected chi connectivity index (χ0v) is 39.1. The van der Waals surface area contributed by atoms with Crippen LogP contribution in [0.3, 0.4) is 0 Å². The van der Waals surface area contributed by atoms with E-state index < -0.39 is 120 Å². The van der Waals surface area contributed by atoms with Gasteiger partial charge in [-0.25, -0.2) is 4.79 Å². The van der Waals surface area contributed by atoms with Crippen molar-refractivity contribution in [2.45, 2.75) is 141 Å². The predicted molar refractivity (Wildman–Crippen MR) is 248 cm³/mol. The number of phenolic OH excluding ortho intramolecular Hbond substituents is 1. The maximum Gasteiger partial charge on any atom is 0.326 e. The quantitative estimate of drug-likeness (QED) is 0.0472. The highest BCUT2D eigenvalue weighted by molar-refractivity contribution is 5.98. The first-order valence-corrected chi connectivity index (χ1v) is 22.6.